The van der Waals surface area contributed by atoms with E-state index in [2.05, 4.69) is 0 Å². The summed E-state index contributed by atoms with van der Waals surface area (Å²) in [6.07, 6.45) is 1.93. The first-order valence-electron chi connectivity index (χ1n) is 7.15. The first-order chi connectivity index (χ1) is 9.66. The molecule has 2 aliphatic rings. The van der Waals surface area contributed by atoms with Gasteiger partial charge in [-0.2, -0.15) is 0 Å². The standard InChI is InChI=1S/C17H16FNO/c18-17-8-7-12(10-17)11-19(17)16(20)15-6-5-13-3-1-2-4-14(13)9-15/h1-6,9,12H,7-8,10-11H2. The maximum Gasteiger partial charge on any atom is 0.256 e. The normalized spacial score (nSPS) is 28.2. The van der Waals surface area contributed by atoms with Gasteiger partial charge in [0.15, 0.2) is 5.79 Å². The fourth-order valence-corrected chi connectivity index (χ4v) is 3.64. The van der Waals surface area contributed by atoms with Gasteiger partial charge in [0.05, 0.1) is 0 Å². The highest BCUT2D eigenvalue weighted by Gasteiger charge is 2.53. The zero-order chi connectivity index (χ0) is 13.7. The maximum atomic E-state index is 14.7. The van der Waals surface area contributed by atoms with E-state index in [-0.39, 0.29) is 5.91 Å². The van der Waals surface area contributed by atoms with Crippen LogP contribution in [0.15, 0.2) is 42.5 Å². The van der Waals surface area contributed by atoms with Gasteiger partial charge in [0, 0.05) is 24.9 Å². The highest BCUT2D eigenvalue weighted by molar-refractivity contribution is 5.99. The van der Waals surface area contributed by atoms with Crippen molar-refractivity contribution in [2.24, 2.45) is 5.92 Å². The third-order valence-corrected chi connectivity index (χ3v) is 4.70. The van der Waals surface area contributed by atoms with Gasteiger partial charge in [-0.3, -0.25) is 4.79 Å². The second kappa shape index (κ2) is 4.05. The summed E-state index contributed by atoms with van der Waals surface area (Å²) in [4.78, 5) is 14.0. The molecule has 1 saturated carbocycles. The molecule has 0 radical (unpaired) electrons. The van der Waals surface area contributed by atoms with Crippen LogP contribution in [0.1, 0.15) is 29.6 Å². The predicted octanol–water partition coefficient (Wildman–Crippen LogP) is 3.76. The molecule has 2 aromatic rings. The molecule has 102 valence electrons. The molecule has 2 bridgehead atoms. The van der Waals surface area contributed by atoms with Crippen molar-refractivity contribution < 1.29 is 9.18 Å². The highest BCUT2D eigenvalue weighted by atomic mass is 19.1. The maximum absolute atomic E-state index is 14.7. The van der Waals surface area contributed by atoms with Crippen molar-refractivity contribution in [1.29, 1.82) is 0 Å². The molecular weight excluding hydrogens is 253 g/mol. The largest absolute Gasteiger partial charge is 0.306 e. The lowest BCUT2D eigenvalue weighted by Crippen LogP contribution is -2.45. The lowest BCUT2D eigenvalue weighted by atomic mass is 10.0. The minimum absolute atomic E-state index is 0.166. The summed E-state index contributed by atoms with van der Waals surface area (Å²) in [5.74, 6) is -1.21. The molecule has 20 heavy (non-hydrogen) atoms. The smallest absolute Gasteiger partial charge is 0.256 e. The van der Waals surface area contributed by atoms with Crippen molar-refractivity contribution in [3.8, 4) is 0 Å². The lowest BCUT2D eigenvalue weighted by Gasteiger charge is -2.32. The van der Waals surface area contributed by atoms with E-state index < -0.39 is 5.79 Å². The van der Waals surface area contributed by atoms with Gasteiger partial charge in [-0.05, 0) is 35.2 Å². The molecule has 0 spiro atoms. The van der Waals surface area contributed by atoms with E-state index in [1.807, 2.05) is 36.4 Å². The van der Waals surface area contributed by atoms with Crippen molar-refractivity contribution in [1.82, 2.24) is 4.90 Å². The molecule has 3 heteroatoms. The van der Waals surface area contributed by atoms with Gasteiger partial charge in [-0.15, -0.1) is 0 Å². The number of fused-ring (bicyclic) bond motifs is 3. The predicted molar refractivity (Wildman–Crippen MR) is 76.2 cm³/mol. The molecule has 0 N–H and O–H groups in total. The average molecular weight is 269 g/mol. The molecule has 1 aliphatic heterocycles. The number of hydrogen-bond acceptors (Lipinski definition) is 1. The average Bonchev–Trinajstić information content (AvgIpc) is 3.01. The monoisotopic (exact) mass is 269 g/mol. The molecule has 2 atom stereocenters. The Morgan fingerprint density at radius 3 is 2.70 bits per heavy atom. The lowest BCUT2D eigenvalue weighted by molar-refractivity contribution is 0.000950. The van der Waals surface area contributed by atoms with Crippen molar-refractivity contribution in [2.45, 2.75) is 25.1 Å². The third-order valence-electron chi connectivity index (χ3n) is 4.70. The van der Waals surface area contributed by atoms with Crippen molar-refractivity contribution in [2.75, 3.05) is 6.54 Å². The Morgan fingerprint density at radius 2 is 2.00 bits per heavy atom. The van der Waals surface area contributed by atoms with Crippen molar-refractivity contribution in [3.63, 3.8) is 0 Å². The summed E-state index contributed by atoms with van der Waals surface area (Å²) < 4.78 is 14.7. The Morgan fingerprint density at radius 1 is 1.20 bits per heavy atom. The SMILES string of the molecule is O=C(c1ccc2ccccc2c1)N1CC2CCC1(F)C2. The Bertz CT molecular complexity index is 698. The van der Waals surface area contributed by atoms with Crippen LogP contribution in [0.5, 0.6) is 0 Å². The van der Waals surface area contributed by atoms with Gasteiger partial charge in [0.1, 0.15) is 0 Å². The quantitative estimate of drug-likeness (QED) is 0.722. The Labute approximate surface area is 117 Å². The van der Waals surface area contributed by atoms with Crippen molar-refractivity contribution in [3.05, 3.63) is 48.0 Å². The Hall–Kier alpha value is -1.90. The third kappa shape index (κ3) is 1.65. The fraction of sp³-hybridized carbons (Fsp3) is 0.353. The number of alkyl halides is 1. The number of halogens is 1. The molecule has 1 saturated heterocycles. The molecular formula is C17H16FNO. The van der Waals surface area contributed by atoms with Crippen LogP contribution in [0.25, 0.3) is 10.8 Å². The fourth-order valence-electron chi connectivity index (χ4n) is 3.64. The van der Waals surface area contributed by atoms with Gasteiger partial charge in [0.2, 0.25) is 0 Å². The van der Waals surface area contributed by atoms with Crippen LogP contribution in [0.3, 0.4) is 0 Å². The second-order valence-corrected chi connectivity index (χ2v) is 6.00. The topological polar surface area (TPSA) is 20.3 Å². The molecule has 1 aliphatic carbocycles. The van der Waals surface area contributed by atoms with E-state index in [0.717, 1.165) is 17.2 Å². The number of hydrogen-bond donors (Lipinski definition) is 0. The Balaban J connectivity index is 1.70. The number of piperidine rings is 1. The Kier molecular flexibility index (Phi) is 2.40. The summed E-state index contributed by atoms with van der Waals surface area (Å²) in [7, 11) is 0. The number of carbonyl (C=O) groups excluding carboxylic acids is 1. The van der Waals surface area contributed by atoms with Crippen LogP contribution >= 0.6 is 0 Å². The summed E-state index contributed by atoms with van der Waals surface area (Å²) in [6, 6.07) is 13.5. The number of nitrogens with zero attached hydrogens (tertiary/aromatic N) is 1. The minimum Gasteiger partial charge on any atom is -0.306 e. The van der Waals surface area contributed by atoms with Gasteiger partial charge < -0.3 is 4.90 Å². The molecule has 1 amide bonds. The number of likely N-dealkylation sites (tertiary alicyclic amines) is 1. The van der Waals surface area contributed by atoms with E-state index in [1.165, 1.54) is 4.90 Å². The van der Waals surface area contributed by atoms with Crippen molar-refractivity contribution >= 4 is 16.7 Å². The van der Waals surface area contributed by atoms with E-state index >= 15 is 0 Å². The van der Waals surface area contributed by atoms with Crippen LogP contribution in [-0.2, 0) is 0 Å². The summed E-state index contributed by atoms with van der Waals surface area (Å²) >= 11 is 0. The van der Waals surface area contributed by atoms with Crippen LogP contribution in [0, 0.1) is 5.92 Å². The van der Waals surface area contributed by atoms with Crippen LogP contribution in [0.4, 0.5) is 4.39 Å². The first kappa shape index (κ1) is 11.9. The van der Waals surface area contributed by atoms with E-state index in [4.69, 9.17) is 0 Å². The van der Waals surface area contributed by atoms with E-state index in [1.54, 1.807) is 6.07 Å². The van der Waals surface area contributed by atoms with Gasteiger partial charge in [0.25, 0.3) is 5.91 Å². The zero-order valence-corrected chi connectivity index (χ0v) is 11.2. The van der Waals surface area contributed by atoms with Crippen LogP contribution < -0.4 is 0 Å². The van der Waals surface area contributed by atoms with Gasteiger partial charge >= 0.3 is 0 Å². The summed E-state index contributed by atoms with van der Waals surface area (Å²) in [5, 5.41) is 2.12. The highest BCUT2D eigenvalue weighted by Crippen LogP contribution is 2.47. The van der Waals surface area contributed by atoms with E-state index in [0.29, 0.717) is 30.9 Å². The zero-order valence-electron chi connectivity index (χ0n) is 11.2. The minimum atomic E-state index is -1.40. The van der Waals surface area contributed by atoms with Gasteiger partial charge in [-0.25, -0.2) is 4.39 Å². The molecule has 1 heterocycles. The molecule has 2 unspecified atom stereocenters. The molecule has 0 aromatic heterocycles. The second-order valence-electron chi connectivity index (χ2n) is 6.00. The van der Waals surface area contributed by atoms with Crippen LogP contribution in [0.2, 0.25) is 0 Å². The van der Waals surface area contributed by atoms with E-state index in [9.17, 15) is 9.18 Å². The number of rotatable bonds is 1. The number of carbonyl (C=O) groups is 1. The molecule has 2 fully saturated rings. The molecule has 4 rings (SSSR count). The molecule has 2 aromatic carbocycles. The number of amides is 1. The van der Waals surface area contributed by atoms with Crippen LogP contribution in [-0.4, -0.2) is 23.1 Å². The first-order valence-corrected chi connectivity index (χ1v) is 7.15. The van der Waals surface area contributed by atoms with Gasteiger partial charge in [-0.1, -0.05) is 30.3 Å². The molecule has 2 nitrogen and oxygen atoms in total. The summed E-state index contributed by atoms with van der Waals surface area (Å²) in [6.45, 7) is 0.572. The summed E-state index contributed by atoms with van der Waals surface area (Å²) in [5.41, 5.74) is 0.591. The number of benzene rings is 2.